The first-order chi connectivity index (χ1) is 5.34. The Morgan fingerprint density at radius 2 is 2.10 bits per heavy atom. The van der Waals surface area contributed by atoms with Gasteiger partial charge in [0, 0.05) is 7.79 Å². The number of aryl methyl sites for hydroxylation is 1. The van der Waals surface area contributed by atoms with Gasteiger partial charge in [0.05, 0.1) is 6.07 Å². The molecule has 0 fully saturated rings. The first kappa shape index (κ1) is 5.49. The quantitative estimate of drug-likeness (QED) is 0.604. The highest BCUT2D eigenvalue weighted by atomic mass is 14.2. The van der Waals surface area contributed by atoms with E-state index in [9.17, 15) is 0 Å². The number of rotatable bonds is 2. The van der Waals surface area contributed by atoms with Crippen molar-refractivity contribution in [2.75, 3.05) is 0 Å². The van der Waals surface area contributed by atoms with E-state index in [0.29, 0.717) is 0 Å². The van der Waals surface area contributed by atoms with Gasteiger partial charge in [-0.25, -0.2) is 0 Å². The molecule has 0 saturated heterocycles. The maximum atomic E-state index is 8.33. The molecule has 0 spiro atoms. The molecule has 0 unspecified atom stereocenters. The van der Waals surface area contributed by atoms with Gasteiger partial charge >= 0.3 is 0 Å². The van der Waals surface area contributed by atoms with Crippen LogP contribution in [0, 0.1) is 11.3 Å². The van der Waals surface area contributed by atoms with Gasteiger partial charge in [0.25, 0.3) is 0 Å². The fourth-order valence-corrected chi connectivity index (χ4v) is 0.753. The Kier molecular flexibility index (Phi) is 2.02. The molecule has 1 aromatic carbocycles. The van der Waals surface area contributed by atoms with Crippen molar-refractivity contribution >= 4 is 0 Å². The highest BCUT2D eigenvalue weighted by molar-refractivity contribution is 5.15. The van der Waals surface area contributed by atoms with Crippen LogP contribution < -0.4 is 0 Å². The normalized spacial score (nSPS) is 13.3. The lowest BCUT2D eigenvalue weighted by atomic mass is 10.1. The van der Waals surface area contributed by atoms with Gasteiger partial charge in [-0.3, -0.25) is 0 Å². The maximum Gasteiger partial charge on any atom is 0.0625 e. The lowest BCUT2D eigenvalue weighted by Gasteiger charge is -1.92. The molecule has 1 rings (SSSR count). The summed E-state index contributed by atoms with van der Waals surface area (Å²) in [4.78, 5) is 0. The summed E-state index contributed by atoms with van der Waals surface area (Å²) in [6, 6.07) is 11.4. The third kappa shape index (κ3) is 1.91. The fraction of sp³-hybridized carbons (Fsp3) is 0.222. The van der Waals surface area contributed by atoms with Crippen molar-refractivity contribution in [1.29, 1.82) is 5.26 Å². The molecule has 0 bridgehead atoms. The summed E-state index contributed by atoms with van der Waals surface area (Å²) in [6.45, 7) is 0. The molecule has 0 aliphatic rings. The second-order valence-electron chi connectivity index (χ2n) is 1.98. The smallest absolute Gasteiger partial charge is 0.0625 e. The van der Waals surface area contributed by atoms with Gasteiger partial charge in [0.15, 0.2) is 0 Å². The van der Waals surface area contributed by atoms with Gasteiger partial charge in [-0.2, -0.15) is 5.26 Å². The molecule has 1 aromatic rings. The van der Waals surface area contributed by atoms with Crippen molar-refractivity contribution in [3.63, 3.8) is 0 Å². The SMILES string of the molecule is [2H][C@@H](CC#N)c1ccccc1. The van der Waals surface area contributed by atoms with Gasteiger partial charge in [-0.1, -0.05) is 30.3 Å². The molecule has 1 atom stereocenters. The van der Waals surface area contributed by atoms with Gasteiger partial charge < -0.3 is 0 Å². The van der Waals surface area contributed by atoms with Gasteiger partial charge in [-0.15, -0.1) is 0 Å². The van der Waals surface area contributed by atoms with E-state index < -0.39 is 0 Å². The molecule has 0 aliphatic carbocycles. The number of hydrogen-bond donors (Lipinski definition) is 0. The monoisotopic (exact) mass is 132 g/mol. The summed E-state index contributed by atoms with van der Waals surface area (Å²) in [7, 11) is 0. The van der Waals surface area contributed by atoms with Crippen LogP contribution in [0.1, 0.15) is 13.4 Å². The maximum absolute atomic E-state index is 8.33. The first-order valence-corrected chi connectivity index (χ1v) is 3.18. The van der Waals surface area contributed by atoms with Crippen LogP contribution in [0.25, 0.3) is 0 Å². The molecule has 10 heavy (non-hydrogen) atoms. The van der Waals surface area contributed by atoms with Gasteiger partial charge in [0.2, 0.25) is 0 Å². The molecule has 0 saturated carbocycles. The summed E-state index contributed by atoms with van der Waals surface area (Å²) < 4.78 is 7.49. The van der Waals surface area contributed by atoms with Crippen molar-refractivity contribution in [3.05, 3.63) is 35.9 Å². The third-order valence-electron chi connectivity index (χ3n) is 1.23. The Labute approximate surface area is 62.3 Å². The van der Waals surface area contributed by atoms with Crippen LogP contribution in [-0.2, 0) is 6.40 Å². The Balaban J connectivity index is 2.70. The Morgan fingerprint density at radius 1 is 1.40 bits per heavy atom. The Hall–Kier alpha value is -1.29. The summed E-state index contributed by atoms with van der Waals surface area (Å²) >= 11 is 0. The summed E-state index contributed by atoms with van der Waals surface area (Å²) in [6.07, 6.45) is -0.120. The average Bonchev–Trinajstić information content (AvgIpc) is 2.07. The summed E-state index contributed by atoms with van der Waals surface area (Å²) in [5.41, 5.74) is 0.911. The van der Waals surface area contributed by atoms with Gasteiger partial charge in [0.1, 0.15) is 0 Å². The third-order valence-corrected chi connectivity index (χ3v) is 1.23. The summed E-state index contributed by atoms with van der Waals surface area (Å²) in [5.74, 6) is 0. The van der Waals surface area contributed by atoms with Gasteiger partial charge in [-0.05, 0) is 12.0 Å². The van der Waals surface area contributed by atoms with Crippen LogP contribution in [0.5, 0.6) is 0 Å². The van der Waals surface area contributed by atoms with E-state index in [-0.39, 0.29) is 12.8 Å². The molecular formula is C9H9N. The average molecular weight is 132 g/mol. The molecule has 0 amide bonds. The second-order valence-corrected chi connectivity index (χ2v) is 1.98. The summed E-state index contributed by atoms with van der Waals surface area (Å²) in [5, 5.41) is 8.33. The lowest BCUT2D eigenvalue weighted by molar-refractivity contribution is 1.01. The minimum atomic E-state index is -0.388. The zero-order chi connectivity index (χ0) is 8.10. The fourth-order valence-electron chi connectivity index (χ4n) is 0.753. The number of nitriles is 1. The minimum Gasteiger partial charge on any atom is -0.198 e. The molecule has 0 aliphatic heterocycles. The van der Waals surface area contributed by atoms with E-state index >= 15 is 0 Å². The molecule has 0 N–H and O–H groups in total. The Morgan fingerprint density at radius 3 is 2.70 bits per heavy atom. The van der Waals surface area contributed by atoms with E-state index in [0.717, 1.165) is 5.56 Å². The van der Waals surface area contributed by atoms with E-state index in [1.54, 1.807) is 0 Å². The Bertz CT molecular complexity index is 250. The highest BCUT2D eigenvalue weighted by Gasteiger charge is 1.87. The molecule has 1 heteroatoms. The van der Waals surface area contributed by atoms with Crippen molar-refractivity contribution in [2.24, 2.45) is 0 Å². The lowest BCUT2D eigenvalue weighted by Crippen LogP contribution is -1.80. The predicted octanol–water partition coefficient (Wildman–Crippen LogP) is 2.14. The minimum absolute atomic E-state index is 0.268. The van der Waals surface area contributed by atoms with Crippen molar-refractivity contribution in [3.8, 4) is 6.07 Å². The predicted molar refractivity (Wildman–Crippen MR) is 40.4 cm³/mol. The van der Waals surface area contributed by atoms with Crippen LogP contribution in [0.2, 0.25) is 0 Å². The van der Waals surface area contributed by atoms with Crippen LogP contribution in [0.3, 0.4) is 0 Å². The van der Waals surface area contributed by atoms with Crippen molar-refractivity contribution in [1.82, 2.24) is 0 Å². The molecule has 0 radical (unpaired) electrons. The molecule has 0 heterocycles. The number of nitrogens with zero attached hydrogens (tertiary/aromatic N) is 1. The number of benzene rings is 1. The molecular weight excluding hydrogens is 122 g/mol. The van der Waals surface area contributed by atoms with Crippen LogP contribution in [-0.4, -0.2) is 0 Å². The zero-order valence-electron chi connectivity index (χ0n) is 6.62. The van der Waals surface area contributed by atoms with Crippen LogP contribution >= 0.6 is 0 Å². The largest absolute Gasteiger partial charge is 0.198 e. The van der Waals surface area contributed by atoms with E-state index in [4.69, 9.17) is 6.63 Å². The first-order valence-electron chi connectivity index (χ1n) is 3.76. The zero-order valence-corrected chi connectivity index (χ0v) is 5.62. The van der Waals surface area contributed by atoms with E-state index in [1.807, 2.05) is 36.4 Å². The number of hydrogen-bond acceptors (Lipinski definition) is 1. The van der Waals surface area contributed by atoms with E-state index in [2.05, 4.69) is 0 Å². The highest BCUT2D eigenvalue weighted by Crippen LogP contribution is 2.00. The standard InChI is InChI=1S/C9H9N/c10-8-4-7-9-5-2-1-3-6-9/h1-3,5-6H,4,7H2/i7D/t7-/m0/s1. The van der Waals surface area contributed by atoms with Crippen molar-refractivity contribution in [2.45, 2.75) is 12.8 Å². The van der Waals surface area contributed by atoms with Crippen LogP contribution in [0.4, 0.5) is 0 Å². The van der Waals surface area contributed by atoms with Crippen LogP contribution in [0.15, 0.2) is 30.3 Å². The topological polar surface area (TPSA) is 23.8 Å². The molecule has 50 valence electrons. The second kappa shape index (κ2) is 3.68. The molecule has 0 aromatic heterocycles. The van der Waals surface area contributed by atoms with E-state index in [1.165, 1.54) is 0 Å². The van der Waals surface area contributed by atoms with Crippen molar-refractivity contribution < 1.29 is 1.37 Å². The molecule has 1 nitrogen and oxygen atoms in total.